The summed E-state index contributed by atoms with van der Waals surface area (Å²) in [7, 11) is 0. The van der Waals surface area contributed by atoms with Crippen molar-refractivity contribution in [3.8, 4) is 0 Å². The molecule has 10 nitrogen and oxygen atoms in total. The Morgan fingerprint density at radius 1 is 0.492 bits per heavy atom. The predicted octanol–water partition coefficient (Wildman–Crippen LogP) is 12.5. The number of ether oxygens (including phenoxy) is 4. The van der Waals surface area contributed by atoms with Crippen molar-refractivity contribution in [3.05, 3.63) is 24.3 Å². The molecule has 0 aromatic carbocycles. The van der Waals surface area contributed by atoms with Gasteiger partial charge in [-0.25, -0.2) is 0 Å². The van der Waals surface area contributed by atoms with Crippen molar-refractivity contribution in [2.24, 2.45) is 0 Å². The normalized spacial score (nSPS) is 19.6. The number of allylic oxidation sites excluding steroid dienone is 4. The Morgan fingerprint density at radius 3 is 1.35 bits per heavy atom. The average Bonchev–Trinajstić information content (AvgIpc) is 3.28. The van der Waals surface area contributed by atoms with E-state index in [0.717, 1.165) is 51.4 Å². The number of aliphatic hydroxyl groups is 4. The monoisotopic (exact) mass is 895 g/mol. The number of unbranched alkanes of at least 4 members (excludes halogenated alkanes) is 30. The van der Waals surface area contributed by atoms with E-state index >= 15 is 0 Å². The zero-order valence-corrected chi connectivity index (χ0v) is 40.6. The Labute approximate surface area is 385 Å². The van der Waals surface area contributed by atoms with E-state index in [0.29, 0.717) is 6.42 Å². The van der Waals surface area contributed by atoms with Gasteiger partial charge in [0.1, 0.15) is 31.0 Å². The Balaban J connectivity index is 2.24. The number of rotatable bonds is 45. The molecule has 370 valence electrons. The minimum Gasteiger partial charge on any atom is -0.462 e. The molecule has 0 aliphatic carbocycles. The van der Waals surface area contributed by atoms with Gasteiger partial charge in [-0.05, 0) is 44.9 Å². The molecule has 2 unspecified atom stereocenters. The van der Waals surface area contributed by atoms with Crippen molar-refractivity contribution in [2.75, 3.05) is 19.8 Å². The molecule has 4 N–H and O–H groups in total. The van der Waals surface area contributed by atoms with Crippen LogP contribution in [0.25, 0.3) is 0 Å². The number of esters is 2. The fourth-order valence-corrected chi connectivity index (χ4v) is 8.16. The summed E-state index contributed by atoms with van der Waals surface area (Å²) in [4.78, 5) is 25.5. The molecule has 0 amide bonds. The summed E-state index contributed by atoms with van der Waals surface area (Å²) in [6.07, 6.45) is 43.2. The first kappa shape index (κ1) is 59.2. The summed E-state index contributed by atoms with van der Waals surface area (Å²) in [6.45, 7) is 3.44. The van der Waals surface area contributed by atoms with Crippen LogP contribution in [0, 0.1) is 0 Å². The molecule has 0 aromatic heterocycles. The summed E-state index contributed by atoms with van der Waals surface area (Å²) < 4.78 is 22.3. The van der Waals surface area contributed by atoms with Crippen molar-refractivity contribution < 1.29 is 49.0 Å². The number of hydrogen-bond acceptors (Lipinski definition) is 10. The van der Waals surface area contributed by atoms with Gasteiger partial charge >= 0.3 is 11.9 Å². The lowest BCUT2D eigenvalue weighted by Gasteiger charge is -2.39. The zero-order chi connectivity index (χ0) is 45.9. The number of hydrogen-bond donors (Lipinski definition) is 4. The van der Waals surface area contributed by atoms with Gasteiger partial charge in [-0.15, -0.1) is 0 Å². The second-order valence-corrected chi connectivity index (χ2v) is 18.3. The average molecular weight is 895 g/mol. The van der Waals surface area contributed by atoms with Crippen LogP contribution in [0.4, 0.5) is 0 Å². The maximum atomic E-state index is 12.8. The fraction of sp³-hybridized carbons (Fsp3) is 0.887. The highest BCUT2D eigenvalue weighted by Crippen LogP contribution is 2.23. The smallest absolute Gasteiger partial charge is 0.306 e. The van der Waals surface area contributed by atoms with Crippen molar-refractivity contribution >= 4 is 11.9 Å². The van der Waals surface area contributed by atoms with Gasteiger partial charge in [-0.2, -0.15) is 0 Å². The highest BCUT2D eigenvalue weighted by molar-refractivity contribution is 5.70. The summed E-state index contributed by atoms with van der Waals surface area (Å²) in [5.41, 5.74) is 0. The van der Waals surface area contributed by atoms with E-state index in [-0.39, 0.29) is 32.0 Å². The molecular formula is C53H98O10. The van der Waals surface area contributed by atoms with Gasteiger partial charge in [0.15, 0.2) is 12.4 Å². The van der Waals surface area contributed by atoms with Crippen molar-refractivity contribution in [1.82, 2.24) is 0 Å². The summed E-state index contributed by atoms with van der Waals surface area (Å²) >= 11 is 0. The molecule has 0 bridgehead atoms. The van der Waals surface area contributed by atoms with Gasteiger partial charge in [0.05, 0.1) is 13.2 Å². The van der Waals surface area contributed by atoms with Crippen molar-refractivity contribution in [1.29, 1.82) is 0 Å². The Morgan fingerprint density at radius 2 is 0.889 bits per heavy atom. The molecule has 6 atom stereocenters. The summed E-state index contributed by atoms with van der Waals surface area (Å²) in [5.74, 6) is -0.798. The van der Waals surface area contributed by atoms with E-state index in [4.69, 9.17) is 18.9 Å². The first-order valence-corrected chi connectivity index (χ1v) is 26.4. The third-order valence-corrected chi connectivity index (χ3v) is 12.3. The van der Waals surface area contributed by atoms with E-state index in [2.05, 4.69) is 38.2 Å². The largest absolute Gasteiger partial charge is 0.462 e. The van der Waals surface area contributed by atoms with Crippen LogP contribution < -0.4 is 0 Å². The van der Waals surface area contributed by atoms with Crippen molar-refractivity contribution in [3.63, 3.8) is 0 Å². The Bertz CT molecular complexity index is 1080. The van der Waals surface area contributed by atoms with Crippen LogP contribution in [0.1, 0.15) is 245 Å². The zero-order valence-electron chi connectivity index (χ0n) is 40.6. The third kappa shape index (κ3) is 35.1. The highest BCUT2D eigenvalue weighted by Gasteiger charge is 2.44. The first-order chi connectivity index (χ1) is 30.8. The minimum atomic E-state index is -1.59. The van der Waals surface area contributed by atoms with E-state index in [1.807, 2.05) is 0 Å². The van der Waals surface area contributed by atoms with E-state index < -0.39 is 49.4 Å². The van der Waals surface area contributed by atoms with Crippen LogP contribution >= 0.6 is 0 Å². The second-order valence-electron chi connectivity index (χ2n) is 18.3. The summed E-state index contributed by atoms with van der Waals surface area (Å²) in [5, 5.41) is 40.2. The quantitative estimate of drug-likeness (QED) is 0.0264. The molecule has 1 fully saturated rings. The molecule has 0 radical (unpaired) electrons. The van der Waals surface area contributed by atoms with E-state index in [1.54, 1.807) is 0 Å². The predicted molar refractivity (Wildman–Crippen MR) is 256 cm³/mol. The molecule has 1 rings (SSSR count). The molecule has 0 saturated carbocycles. The highest BCUT2D eigenvalue weighted by atomic mass is 16.7. The SMILES string of the molecule is CCCCC/C=C/C/C=C/CCCCCCCCCCCC(=O)O[C@@H](COC(=O)CCCCCCCCCCCCCCCCCCCCC)CO[C@H]1O[C@@H](CO)[C@@H](O)C(O)C1O. The van der Waals surface area contributed by atoms with Crippen LogP contribution in [-0.4, -0.2) is 89.0 Å². The Hall–Kier alpha value is -1.82. The van der Waals surface area contributed by atoms with Gasteiger partial charge in [0.25, 0.3) is 0 Å². The standard InChI is InChI=1S/C53H98O10/c1-3-5-7-9-11-13-15-17-19-21-23-25-27-29-31-33-35-37-39-41-48(55)60-44-46(45-61-53-52(59)51(58)50(57)47(43-54)63-53)62-49(56)42-40-38-36-34-32-30-28-26-24-22-20-18-16-14-12-10-8-6-4-2/h12,14,18,20,46-47,50-54,57-59H,3-11,13,15-17,19,21-45H2,1-2H3/b14-12+,20-18+/t46-,47-,50+,51?,52?,53-/m0/s1. The van der Waals surface area contributed by atoms with Gasteiger partial charge in [0.2, 0.25) is 0 Å². The summed E-state index contributed by atoms with van der Waals surface area (Å²) in [6, 6.07) is 0. The fourth-order valence-electron chi connectivity index (χ4n) is 8.16. The van der Waals surface area contributed by atoms with Crippen molar-refractivity contribution in [2.45, 2.75) is 282 Å². The Kier molecular flexibility index (Phi) is 41.4. The lowest BCUT2D eigenvalue weighted by Crippen LogP contribution is -2.59. The first-order valence-electron chi connectivity index (χ1n) is 26.4. The number of carbonyl (C=O) groups is 2. The molecule has 10 heteroatoms. The van der Waals surface area contributed by atoms with Crippen LogP contribution in [0.3, 0.4) is 0 Å². The van der Waals surface area contributed by atoms with Gasteiger partial charge in [0, 0.05) is 12.8 Å². The molecule has 1 heterocycles. The lowest BCUT2D eigenvalue weighted by molar-refractivity contribution is -0.305. The number of carbonyl (C=O) groups excluding carboxylic acids is 2. The van der Waals surface area contributed by atoms with Crippen LogP contribution in [0.15, 0.2) is 24.3 Å². The van der Waals surface area contributed by atoms with Crippen LogP contribution in [0.5, 0.6) is 0 Å². The van der Waals surface area contributed by atoms with E-state index in [1.165, 1.54) is 161 Å². The second kappa shape index (κ2) is 44.0. The maximum absolute atomic E-state index is 12.8. The molecule has 0 aromatic rings. The van der Waals surface area contributed by atoms with Gasteiger partial charge in [-0.3, -0.25) is 9.59 Å². The van der Waals surface area contributed by atoms with E-state index in [9.17, 15) is 30.0 Å². The number of aliphatic hydroxyl groups excluding tert-OH is 4. The molecule has 1 saturated heterocycles. The molecule has 1 aliphatic heterocycles. The third-order valence-electron chi connectivity index (χ3n) is 12.3. The lowest BCUT2D eigenvalue weighted by atomic mass is 9.99. The topological polar surface area (TPSA) is 152 Å². The van der Waals surface area contributed by atoms with Crippen LogP contribution in [0.2, 0.25) is 0 Å². The molecule has 63 heavy (non-hydrogen) atoms. The molecular weight excluding hydrogens is 797 g/mol. The van der Waals surface area contributed by atoms with Gasteiger partial charge in [-0.1, -0.05) is 212 Å². The van der Waals surface area contributed by atoms with Gasteiger partial charge < -0.3 is 39.4 Å². The van der Waals surface area contributed by atoms with Crippen LogP contribution in [-0.2, 0) is 28.5 Å². The maximum Gasteiger partial charge on any atom is 0.306 e. The minimum absolute atomic E-state index is 0.214. The molecule has 1 aliphatic rings. The molecule has 0 spiro atoms.